The van der Waals surface area contributed by atoms with Crippen molar-refractivity contribution in [2.24, 2.45) is 0 Å². The second-order valence-electron chi connectivity index (χ2n) is 5.29. The van der Waals surface area contributed by atoms with Crippen molar-refractivity contribution in [2.75, 3.05) is 26.2 Å². The molecule has 0 amide bonds. The number of morpholine rings is 1. The van der Waals surface area contributed by atoms with E-state index in [-0.39, 0.29) is 11.9 Å². The molecule has 0 aliphatic carbocycles. The van der Waals surface area contributed by atoms with Crippen LogP contribution in [-0.4, -0.2) is 46.8 Å². The first kappa shape index (κ1) is 14.8. The van der Waals surface area contributed by atoms with Gasteiger partial charge in [0, 0.05) is 19.2 Å². The van der Waals surface area contributed by atoms with Gasteiger partial charge in [0.05, 0.1) is 36.2 Å². The molecule has 2 aromatic rings. The molecule has 1 fully saturated rings. The van der Waals surface area contributed by atoms with E-state index >= 15 is 0 Å². The molecule has 0 radical (unpaired) electrons. The number of likely N-dealkylation sites (N-methyl/N-ethyl adjacent to an activating group) is 1. The molecule has 2 heterocycles. The normalized spacial score (nSPS) is 20.2. The Morgan fingerprint density at radius 2 is 2.33 bits per heavy atom. The van der Waals surface area contributed by atoms with Crippen molar-refractivity contribution in [3.63, 3.8) is 0 Å². The van der Waals surface area contributed by atoms with E-state index in [0.29, 0.717) is 17.9 Å². The highest BCUT2D eigenvalue weighted by Crippen LogP contribution is 2.20. The number of hydrogen-bond donors (Lipinski definition) is 0. The Morgan fingerprint density at radius 1 is 1.48 bits per heavy atom. The van der Waals surface area contributed by atoms with Crippen LogP contribution in [0, 0.1) is 5.82 Å². The molecule has 1 saturated heterocycles. The van der Waals surface area contributed by atoms with Crippen LogP contribution in [0.5, 0.6) is 0 Å². The summed E-state index contributed by atoms with van der Waals surface area (Å²) in [5, 5.41) is 0. The molecule has 21 heavy (non-hydrogen) atoms. The third-order valence-electron chi connectivity index (χ3n) is 3.97. The highest BCUT2D eigenvalue weighted by molar-refractivity contribution is 6.16. The fourth-order valence-corrected chi connectivity index (χ4v) is 3.04. The molecule has 114 valence electrons. The molecule has 1 aliphatic rings. The number of alkyl halides is 1. The highest BCUT2D eigenvalue weighted by atomic mass is 35.5. The van der Waals surface area contributed by atoms with Crippen LogP contribution in [0.15, 0.2) is 18.2 Å². The van der Waals surface area contributed by atoms with E-state index in [1.807, 2.05) is 4.57 Å². The van der Waals surface area contributed by atoms with E-state index in [1.54, 1.807) is 6.07 Å². The lowest BCUT2D eigenvalue weighted by atomic mass is 10.2. The van der Waals surface area contributed by atoms with Crippen molar-refractivity contribution in [3.05, 3.63) is 29.8 Å². The summed E-state index contributed by atoms with van der Waals surface area (Å²) in [5.41, 5.74) is 1.55. The van der Waals surface area contributed by atoms with Gasteiger partial charge in [-0.25, -0.2) is 9.37 Å². The zero-order chi connectivity index (χ0) is 14.8. The third-order valence-corrected chi connectivity index (χ3v) is 4.20. The molecule has 0 N–H and O–H groups in total. The fraction of sp³-hybridized carbons (Fsp3) is 0.533. The summed E-state index contributed by atoms with van der Waals surface area (Å²) in [6, 6.07) is 4.66. The minimum atomic E-state index is -0.278. The lowest BCUT2D eigenvalue weighted by Crippen LogP contribution is -2.44. The van der Waals surface area contributed by atoms with E-state index in [4.69, 9.17) is 16.3 Å². The van der Waals surface area contributed by atoms with Crippen LogP contribution in [0.1, 0.15) is 12.7 Å². The average Bonchev–Trinajstić information content (AvgIpc) is 2.84. The molecule has 1 aromatic heterocycles. The van der Waals surface area contributed by atoms with Crippen molar-refractivity contribution >= 4 is 22.6 Å². The van der Waals surface area contributed by atoms with E-state index in [0.717, 1.165) is 37.6 Å². The topological polar surface area (TPSA) is 30.3 Å². The lowest BCUT2D eigenvalue weighted by Gasteiger charge is -2.32. The second kappa shape index (κ2) is 6.30. The highest BCUT2D eigenvalue weighted by Gasteiger charge is 2.22. The zero-order valence-corrected chi connectivity index (χ0v) is 12.8. The van der Waals surface area contributed by atoms with Crippen molar-refractivity contribution < 1.29 is 9.13 Å². The molecule has 1 aromatic carbocycles. The van der Waals surface area contributed by atoms with Crippen LogP contribution in [0.2, 0.25) is 0 Å². The molecule has 1 atom stereocenters. The first-order chi connectivity index (χ1) is 10.2. The number of aromatic nitrogens is 2. The van der Waals surface area contributed by atoms with Gasteiger partial charge in [-0.15, -0.1) is 11.6 Å². The number of rotatable bonds is 4. The zero-order valence-electron chi connectivity index (χ0n) is 12.1. The minimum Gasteiger partial charge on any atom is -0.374 e. The smallest absolute Gasteiger partial charge is 0.125 e. The Morgan fingerprint density at radius 3 is 3.10 bits per heavy atom. The first-order valence-electron chi connectivity index (χ1n) is 7.26. The number of fused-ring (bicyclic) bond motifs is 1. The summed E-state index contributed by atoms with van der Waals surface area (Å²) in [7, 11) is 0. The third kappa shape index (κ3) is 3.05. The Hall–Kier alpha value is -1.17. The number of ether oxygens (including phenoxy) is 1. The maximum atomic E-state index is 13.3. The fourth-order valence-electron chi connectivity index (χ4n) is 2.84. The summed E-state index contributed by atoms with van der Waals surface area (Å²) < 4.78 is 21.2. The number of benzene rings is 1. The standard InChI is InChI=1S/C15H19ClFN3O/c1-2-19-5-6-21-12(9-19)10-20-14-4-3-11(17)7-13(14)18-15(20)8-16/h3-4,7,12H,2,5-6,8-10H2,1H3. The van der Waals surface area contributed by atoms with Crippen molar-refractivity contribution in [1.82, 2.24) is 14.5 Å². The maximum absolute atomic E-state index is 13.3. The molecule has 0 bridgehead atoms. The second-order valence-corrected chi connectivity index (χ2v) is 5.56. The van der Waals surface area contributed by atoms with Crippen LogP contribution in [-0.2, 0) is 17.2 Å². The van der Waals surface area contributed by atoms with Crippen LogP contribution < -0.4 is 0 Å². The van der Waals surface area contributed by atoms with Gasteiger partial charge in [0.25, 0.3) is 0 Å². The van der Waals surface area contributed by atoms with E-state index in [9.17, 15) is 4.39 Å². The van der Waals surface area contributed by atoms with Crippen LogP contribution >= 0.6 is 11.6 Å². The Labute approximate surface area is 128 Å². The van der Waals surface area contributed by atoms with Gasteiger partial charge >= 0.3 is 0 Å². The molecule has 0 spiro atoms. The minimum absolute atomic E-state index is 0.114. The maximum Gasteiger partial charge on any atom is 0.125 e. The quantitative estimate of drug-likeness (QED) is 0.813. The molecule has 1 aliphatic heterocycles. The molecular formula is C15H19ClFN3O. The first-order valence-corrected chi connectivity index (χ1v) is 7.79. The summed E-state index contributed by atoms with van der Waals surface area (Å²) in [4.78, 5) is 6.79. The van der Waals surface area contributed by atoms with Crippen molar-refractivity contribution in [2.45, 2.75) is 25.5 Å². The molecule has 6 heteroatoms. The SMILES string of the molecule is CCN1CCOC(Cn2c(CCl)nc3cc(F)ccc32)C1. The Kier molecular flexibility index (Phi) is 4.42. The van der Waals surface area contributed by atoms with Gasteiger partial charge in [0.15, 0.2) is 0 Å². The molecule has 4 nitrogen and oxygen atoms in total. The van der Waals surface area contributed by atoms with Gasteiger partial charge in [0.2, 0.25) is 0 Å². The monoisotopic (exact) mass is 311 g/mol. The van der Waals surface area contributed by atoms with Gasteiger partial charge in [-0.1, -0.05) is 6.92 Å². The average molecular weight is 312 g/mol. The summed E-state index contributed by atoms with van der Waals surface area (Å²) >= 11 is 5.99. The lowest BCUT2D eigenvalue weighted by molar-refractivity contribution is -0.0340. The van der Waals surface area contributed by atoms with Gasteiger partial charge in [-0.05, 0) is 18.7 Å². The van der Waals surface area contributed by atoms with Gasteiger partial charge in [-0.2, -0.15) is 0 Å². The van der Waals surface area contributed by atoms with E-state index < -0.39 is 0 Å². The molecular weight excluding hydrogens is 293 g/mol. The number of halogens is 2. The van der Waals surface area contributed by atoms with Crippen molar-refractivity contribution in [3.8, 4) is 0 Å². The van der Waals surface area contributed by atoms with Gasteiger partial charge in [-0.3, -0.25) is 4.90 Å². The van der Waals surface area contributed by atoms with E-state index in [2.05, 4.69) is 16.8 Å². The van der Waals surface area contributed by atoms with Gasteiger partial charge in [0.1, 0.15) is 11.6 Å². The number of imidazole rings is 1. The summed E-state index contributed by atoms with van der Waals surface area (Å²) in [6.45, 7) is 6.50. The van der Waals surface area contributed by atoms with Crippen LogP contribution in [0.25, 0.3) is 11.0 Å². The Bertz CT molecular complexity index is 631. The largest absolute Gasteiger partial charge is 0.374 e. The number of hydrogen-bond acceptors (Lipinski definition) is 3. The predicted octanol–water partition coefficient (Wildman–Crippen LogP) is 2.63. The van der Waals surface area contributed by atoms with Crippen LogP contribution in [0.4, 0.5) is 4.39 Å². The molecule has 0 saturated carbocycles. The molecule has 3 rings (SSSR count). The summed E-state index contributed by atoms with van der Waals surface area (Å²) in [5.74, 6) is 0.786. The van der Waals surface area contributed by atoms with E-state index in [1.165, 1.54) is 12.1 Å². The molecule has 1 unspecified atom stereocenters. The van der Waals surface area contributed by atoms with Crippen LogP contribution in [0.3, 0.4) is 0 Å². The predicted molar refractivity (Wildman–Crippen MR) is 81.1 cm³/mol. The summed E-state index contributed by atoms with van der Waals surface area (Å²) in [6.07, 6.45) is 0.114. The van der Waals surface area contributed by atoms with Crippen molar-refractivity contribution in [1.29, 1.82) is 0 Å². The van der Waals surface area contributed by atoms with Gasteiger partial charge < -0.3 is 9.30 Å². The Balaban J connectivity index is 1.88. The number of nitrogens with zero attached hydrogens (tertiary/aromatic N) is 3.